The highest BCUT2D eigenvalue weighted by Gasteiger charge is 2.39. The van der Waals surface area contributed by atoms with E-state index in [1.807, 2.05) is 18.2 Å². The van der Waals surface area contributed by atoms with Gasteiger partial charge in [0, 0.05) is 28.8 Å². The van der Waals surface area contributed by atoms with Crippen LogP contribution in [0.2, 0.25) is 0 Å². The second kappa shape index (κ2) is 6.48. The molecule has 0 aliphatic heterocycles. The first-order chi connectivity index (χ1) is 13.6. The van der Waals surface area contributed by atoms with Gasteiger partial charge >= 0.3 is 0 Å². The average Bonchev–Trinajstić information content (AvgIpc) is 3.60. The molecule has 3 aromatic rings. The third kappa shape index (κ3) is 3.38. The van der Waals surface area contributed by atoms with Crippen molar-refractivity contribution in [2.45, 2.75) is 32.1 Å². The van der Waals surface area contributed by atoms with Crippen LogP contribution in [-0.2, 0) is 4.79 Å². The summed E-state index contributed by atoms with van der Waals surface area (Å²) < 4.78 is 5.76. The topological polar surface area (TPSA) is 84.2 Å². The number of benzene rings is 2. The van der Waals surface area contributed by atoms with Gasteiger partial charge in [-0.3, -0.25) is 9.59 Å². The maximum Gasteiger partial charge on any atom is 0.255 e. The molecule has 28 heavy (non-hydrogen) atoms. The zero-order valence-electron chi connectivity index (χ0n) is 15.6. The van der Waals surface area contributed by atoms with E-state index in [4.69, 9.17) is 4.42 Å². The van der Waals surface area contributed by atoms with E-state index in [1.54, 1.807) is 24.3 Å². The predicted octanol–water partition coefficient (Wildman–Crippen LogP) is 4.55. The van der Waals surface area contributed by atoms with Crippen LogP contribution >= 0.6 is 0 Å². The highest BCUT2D eigenvalue weighted by Crippen LogP contribution is 2.41. The molecule has 2 atom stereocenters. The Kier molecular flexibility index (Phi) is 3.93. The summed E-state index contributed by atoms with van der Waals surface area (Å²) in [7, 11) is 0. The van der Waals surface area contributed by atoms with Gasteiger partial charge in [0.2, 0.25) is 5.91 Å². The van der Waals surface area contributed by atoms with Crippen LogP contribution in [0.1, 0.15) is 48.4 Å². The lowest BCUT2D eigenvalue weighted by molar-refractivity contribution is -0.117. The maximum atomic E-state index is 12.6. The van der Waals surface area contributed by atoms with Crippen molar-refractivity contribution in [3.63, 3.8) is 0 Å². The number of nitrogens with zero attached hydrogens (tertiary/aromatic N) is 1. The minimum atomic E-state index is -0.235. The van der Waals surface area contributed by atoms with Gasteiger partial charge in [0.05, 0.1) is 0 Å². The SMILES string of the molecule is C[C@H]1C[C@@H]1C(=O)Nc1cccc(C(=O)Nc2ccc3oc(C4CC4)nc3c2)c1. The molecule has 2 fully saturated rings. The molecule has 0 radical (unpaired) electrons. The van der Waals surface area contributed by atoms with E-state index in [-0.39, 0.29) is 17.7 Å². The Labute approximate surface area is 162 Å². The number of rotatable bonds is 5. The second-order valence-electron chi connectivity index (χ2n) is 7.85. The monoisotopic (exact) mass is 375 g/mol. The van der Waals surface area contributed by atoms with Crippen molar-refractivity contribution in [3.05, 3.63) is 53.9 Å². The minimum absolute atomic E-state index is 0.0213. The number of amides is 2. The fourth-order valence-electron chi connectivity index (χ4n) is 3.39. The summed E-state index contributed by atoms with van der Waals surface area (Å²) in [6.07, 6.45) is 3.19. The number of aromatic nitrogens is 1. The molecule has 2 aliphatic rings. The number of nitrogens with one attached hydrogen (secondary N) is 2. The van der Waals surface area contributed by atoms with Gasteiger partial charge in [0.15, 0.2) is 11.5 Å². The number of anilines is 2. The molecule has 0 unspecified atom stereocenters. The van der Waals surface area contributed by atoms with E-state index >= 15 is 0 Å². The average molecular weight is 375 g/mol. The number of carbonyl (C=O) groups is 2. The van der Waals surface area contributed by atoms with E-state index in [0.717, 1.165) is 36.3 Å². The third-order valence-corrected chi connectivity index (χ3v) is 5.43. The Bertz CT molecular complexity index is 1080. The molecule has 5 rings (SSSR count). The van der Waals surface area contributed by atoms with Gasteiger partial charge < -0.3 is 15.1 Å². The molecule has 2 amide bonds. The Hall–Kier alpha value is -3.15. The second-order valence-corrected chi connectivity index (χ2v) is 7.85. The molecule has 142 valence electrons. The molecule has 2 aliphatic carbocycles. The summed E-state index contributed by atoms with van der Waals surface area (Å²) in [5, 5.41) is 5.79. The maximum absolute atomic E-state index is 12.6. The smallest absolute Gasteiger partial charge is 0.255 e. The molecule has 1 aromatic heterocycles. The van der Waals surface area contributed by atoms with Gasteiger partial charge in [-0.25, -0.2) is 4.98 Å². The minimum Gasteiger partial charge on any atom is -0.440 e. The molecule has 0 spiro atoms. The van der Waals surface area contributed by atoms with Gasteiger partial charge in [-0.1, -0.05) is 13.0 Å². The van der Waals surface area contributed by atoms with Crippen molar-refractivity contribution >= 4 is 34.3 Å². The van der Waals surface area contributed by atoms with Gasteiger partial charge in [0.1, 0.15) is 5.52 Å². The zero-order chi connectivity index (χ0) is 19.3. The molecule has 2 N–H and O–H groups in total. The van der Waals surface area contributed by atoms with Crippen molar-refractivity contribution in [1.82, 2.24) is 4.98 Å². The van der Waals surface area contributed by atoms with E-state index in [0.29, 0.717) is 28.8 Å². The zero-order valence-corrected chi connectivity index (χ0v) is 15.6. The highest BCUT2D eigenvalue weighted by atomic mass is 16.3. The van der Waals surface area contributed by atoms with Crippen LogP contribution in [0.15, 0.2) is 46.9 Å². The first kappa shape index (κ1) is 17.0. The van der Waals surface area contributed by atoms with Crippen molar-refractivity contribution in [1.29, 1.82) is 0 Å². The molecule has 6 heteroatoms. The van der Waals surface area contributed by atoms with Crippen molar-refractivity contribution < 1.29 is 14.0 Å². The van der Waals surface area contributed by atoms with E-state index in [2.05, 4.69) is 22.5 Å². The Morgan fingerprint density at radius 2 is 1.86 bits per heavy atom. The Morgan fingerprint density at radius 1 is 1.07 bits per heavy atom. The van der Waals surface area contributed by atoms with Crippen molar-refractivity contribution in [2.24, 2.45) is 11.8 Å². The van der Waals surface area contributed by atoms with Crippen molar-refractivity contribution in [2.75, 3.05) is 10.6 Å². The lowest BCUT2D eigenvalue weighted by atomic mass is 10.1. The summed E-state index contributed by atoms with van der Waals surface area (Å²) in [5.41, 5.74) is 3.27. The standard InChI is InChI=1S/C22H21N3O3/c1-12-9-17(12)21(27)24-15-4-2-3-14(10-15)20(26)23-16-7-8-19-18(11-16)25-22(28-19)13-5-6-13/h2-4,7-8,10-13,17H,5-6,9H2,1H3,(H,23,26)(H,24,27)/t12-,17-/m0/s1. The molecule has 2 saturated carbocycles. The number of hydrogen-bond acceptors (Lipinski definition) is 4. The number of oxazole rings is 1. The van der Waals surface area contributed by atoms with E-state index in [9.17, 15) is 9.59 Å². The molecule has 6 nitrogen and oxygen atoms in total. The summed E-state index contributed by atoms with van der Waals surface area (Å²) in [5.74, 6) is 1.55. The molecule has 2 aromatic carbocycles. The van der Waals surface area contributed by atoms with Gasteiger partial charge in [-0.05, 0) is 61.6 Å². The fourth-order valence-corrected chi connectivity index (χ4v) is 3.39. The highest BCUT2D eigenvalue weighted by molar-refractivity contribution is 6.06. The van der Waals surface area contributed by atoms with Crippen molar-refractivity contribution in [3.8, 4) is 0 Å². The number of fused-ring (bicyclic) bond motifs is 1. The molecule has 1 heterocycles. The van der Waals surface area contributed by atoms with Crippen LogP contribution in [0.5, 0.6) is 0 Å². The first-order valence-corrected chi connectivity index (χ1v) is 9.69. The van der Waals surface area contributed by atoms with Crippen LogP contribution in [0.25, 0.3) is 11.1 Å². The van der Waals surface area contributed by atoms with Crippen LogP contribution in [0.4, 0.5) is 11.4 Å². The number of carbonyl (C=O) groups excluding carboxylic acids is 2. The van der Waals surface area contributed by atoms with Gasteiger partial charge in [-0.2, -0.15) is 0 Å². The summed E-state index contributed by atoms with van der Waals surface area (Å²) >= 11 is 0. The molecule has 0 saturated heterocycles. The lowest BCUT2D eigenvalue weighted by Crippen LogP contribution is -2.16. The quantitative estimate of drug-likeness (QED) is 0.685. The van der Waals surface area contributed by atoms with E-state index < -0.39 is 0 Å². The Morgan fingerprint density at radius 3 is 2.61 bits per heavy atom. The summed E-state index contributed by atoms with van der Waals surface area (Å²) in [6.45, 7) is 2.06. The largest absolute Gasteiger partial charge is 0.440 e. The van der Waals surface area contributed by atoms with Crippen LogP contribution in [0.3, 0.4) is 0 Å². The molecule has 0 bridgehead atoms. The molecular formula is C22H21N3O3. The van der Waals surface area contributed by atoms with Crippen LogP contribution in [0, 0.1) is 11.8 Å². The van der Waals surface area contributed by atoms with E-state index in [1.165, 1.54) is 0 Å². The summed E-state index contributed by atoms with van der Waals surface area (Å²) in [4.78, 5) is 29.3. The van der Waals surface area contributed by atoms with Gasteiger partial charge in [-0.15, -0.1) is 0 Å². The third-order valence-electron chi connectivity index (χ3n) is 5.43. The normalized spacial score (nSPS) is 20.8. The fraction of sp³-hybridized carbons (Fsp3) is 0.318. The summed E-state index contributed by atoms with van der Waals surface area (Å²) in [6, 6.07) is 12.4. The first-order valence-electron chi connectivity index (χ1n) is 9.69. The Balaban J connectivity index is 1.30. The lowest BCUT2D eigenvalue weighted by Gasteiger charge is -2.08. The number of hydrogen-bond donors (Lipinski definition) is 2. The van der Waals surface area contributed by atoms with Crippen LogP contribution in [-0.4, -0.2) is 16.8 Å². The van der Waals surface area contributed by atoms with Crippen LogP contribution < -0.4 is 10.6 Å². The predicted molar refractivity (Wildman–Crippen MR) is 106 cm³/mol. The molecular weight excluding hydrogens is 354 g/mol. The van der Waals surface area contributed by atoms with Gasteiger partial charge in [0.25, 0.3) is 5.91 Å².